The van der Waals surface area contributed by atoms with Gasteiger partial charge in [0, 0.05) is 10.9 Å². The quantitative estimate of drug-likeness (QED) is 0.856. The largest absolute Gasteiger partial charge is 0.512 e. The number of aryl methyl sites for hydroxylation is 1. The highest BCUT2D eigenvalue weighted by molar-refractivity contribution is 9.10. The molecule has 0 saturated heterocycles. The molecule has 0 fully saturated rings. The van der Waals surface area contributed by atoms with Gasteiger partial charge in [0.25, 0.3) is 5.88 Å². The smallest absolute Gasteiger partial charge is 0.449 e. The van der Waals surface area contributed by atoms with Crippen LogP contribution in [0.25, 0.3) is 11.5 Å². The maximum absolute atomic E-state index is 10.6. The third kappa shape index (κ3) is 3.14. The van der Waals surface area contributed by atoms with Crippen molar-refractivity contribution in [3.05, 3.63) is 34.5 Å². The fourth-order valence-electron chi connectivity index (χ4n) is 1.64. The van der Waals surface area contributed by atoms with Crippen molar-refractivity contribution in [2.24, 2.45) is 0 Å². The fraction of sp³-hybridized carbons (Fsp3) is 0.231. The molecule has 0 aliphatic heterocycles. The number of hydrogen-bond donors (Lipinski definition) is 1. The number of carboxylic acid groups (broad SMARTS) is 1. The molecule has 1 N–H and O–H groups in total. The van der Waals surface area contributed by atoms with Crippen molar-refractivity contribution in [2.75, 3.05) is 0 Å². The predicted octanol–water partition coefficient (Wildman–Crippen LogP) is 4.11. The SMILES string of the molecule is CCCc1oc(-c2ccccc2Br)nc1OC(=O)O. The highest BCUT2D eigenvalue weighted by Gasteiger charge is 2.18. The standard InChI is InChI=1S/C13H12BrNO4/c1-2-5-10-12(19-13(16)17)15-11(18-10)8-6-3-4-7-9(8)14/h3-4,6-7H,2,5H2,1H3,(H,16,17). The Hall–Kier alpha value is -1.82. The van der Waals surface area contributed by atoms with Crippen molar-refractivity contribution in [3.63, 3.8) is 0 Å². The first-order chi connectivity index (χ1) is 9.11. The van der Waals surface area contributed by atoms with Crippen LogP contribution < -0.4 is 4.74 Å². The molecule has 2 rings (SSSR count). The van der Waals surface area contributed by atoms with E-state index < -0.39 is 6.16 Å². The minimum absolute atomic E-state index is 0.0140. The van der Waals surface area contributed by atoms with Gasteiger partial charge in [-0.25, -0.2) is 4.79 Å². The molecule has 0 radical (unpaired) electrons. The maximum atomic E-state index is 10.6. The third-order valence-electron chi connectivity index (χ3n) is 2.43. The number of aromatic nitrogens is 1. The molecule has 1 aromatic heterocycles. The fourth-order valence-corrected chi connectivity index (χ4v) is 2.09. The molecular formula is C13H12BrNO4. The van der Waals surface area contributed by atoms with E-state index in [1.54, 1.807) is 0 Å². The van der Waals surface area contributed by atoms with E-state index in [1.165, 1.54) is 0 Å². The Labute approximate surface area is 118 Å². The molecule has 1 aromatic carbocycles. The van der Waals surface area contributed by atoms with E-state index in [2.05, 4.69) is 25.7 Å². The van der Waals surface area contributed by atoms with Crippen molar-refractivity contribution < 1.29 is 19.1 Å². The molecular weight excluding hydrogens is 314 g/mol. The Kier molecular flexibility index (Phi) is 4.21. The molecule has 0 saturated carbocycles. The van der Waals surface area contributed by atoms with E-state index >= 15 is 0 Å². The average molecular weight is 326 g/mol. The topological polar surface area (TPSA) is 72.6 Å². The molecule has 19 heavy (non-hydrogen) atoms. The lowest BCUT2D eigenvalue weighted by Crippen LogP contribution is -2.04. The summed E-state index contributed by atoms with van der Waals surface area (Å²) in [6.45, 7) is 1.96. The van der Waals surface area contributed by atoms with Gasteiger partial charge in [0.1, 0.15) is 0 Å². The normalized spacial score (nSPS) is 10.4. The summed E-state index contributed by atoms with van der Waals surface area (Å²) in [5, 5.41) is 8.68. The van der Waals surface area contributed by atoms with Crippen LogP contribution in [-0.2, 0) is 6.42 Å². The molecule has 100 valence electrons. The summed E-state index contributed by atoms with van der Waals surface area (Å²) in [6, 6.07) is 7.41. The highest BCUT2D eigenvalue weighted by Crippen LogP contribution is 2.32. The molecule has 6 heteroatoms. The zero-order valence-corrected chi connectivity index (χ0v) is 11.8. The van der Waals surface area contributed by atoms with E-state index in [1.807, 2.05) is 31.2 Å². The summed E-state index contributed by atoms with van der Waals surface area (Å²) in [5.74, 6) is 0.794. The van der Waals surface area contributed by atoms with E-state index in [0.29, 0.717) is 18.1 Å². The van der Waals surface area contributed by atoms with Crippen LogP contribution in [0.3, 0.4) is 0 Å². The first kappa shape index (κ1) is 13.6. The number of ether oxygens (including phenoxy) is 1. The monoisotopic (exact) mass is 325 g/mol. The molecule has 2 aromatic rings. The lowest BCUT2D eigenvalue weighted by atomic mass is 10.2. The van der Waals surface area contributed by atoms with E-state index in [0.717, 1.165) is 16.5 Å². The number of carbonyl (C=O) groups is 1. The molecule has 5 nitrogen and oxygen atoms in total. The van der Waals surface area contributed by atoms with Crippen molar-refractivity contribution in [1.29, 1.82) is 0 Å². The molecule has 0 unspecified atom stereocenters. The zero-order chi connectivity index (χ0) is 13.8. The summed E-state index contributed by atoms with van der Waals surface area (Å²) in [5.41, 5.74) is 0.750. The van der Waals surface area contributed by atoms with Crippen molar-refractivity contribution >= 4 is 22.1 Å². The Morgan fingerprint density at radius 3 is 2.84 bits per heavy atom. The molecule has 0 atom stereocenters. The summed E-state index contributed by atoms with van der Waals surface area (Å²) >= 11 is 3.40. The van der Waals surface area contributed by atoms with Gasteiger partial charge in [-0.05, 0) is 34.5 Å². The van der Waals surface area contributed by atoms with Gasteiger partial charge in [-0.1, -0.05) is 19.1 Å². The zero-order valence-electron chi connectivity index (χ0n) is 10.2. The van der Waals surface area contributed by atoms with Gasteiger partial charge < -0.3 is 14.3 Å². The van der Waals surface area contributed by atoms with Gasteiger partial charge >= 0.3 is 6.16 Å². The molecule has 0 amide bonds. The highest BCUT2D eigenvalue weighted by atomic mass is 79.9. The van der Waals surface area contributed by atoms with Gasteiger partial charge in [-0.2, -0.15) is 4.98 Å². The Morgan fingerprint density at radius 1 is 1.47 bits per heavy atom. The first-order valence-corrected chi connectivity index (χ1v) is 6.56. The number of hydrogen-bond acceptors (Lipinski definition) is 4. The number of halogens is 1. The van der Waals surface area contributed by atoms with Gasteiger partial charge in [0.15, 0.2) is 5.76 Å². The summed E-state index contributed by atoms with van der Waals surface area (Å²) in [4.78, 5) is 14.7. The van der Waals surface area contributed by atoms with Crippen LogP contribution in [0.15, 0.2) is 33.2 Å². The second kappa shape index (κ2) is 5.88. The van der Waals surface area contributed by atoms with Gasteiger partial charge in [0.05, 0.1) is 5.56 Å². The molecule has 0 spiro atoms. The second-order valence-corrected chi connectivity index (χ2v) is 4.70. The number of rotatable bonds is 4. The average Bonchev–Trinajstić information content (AvgIpc) is 2.72. The van der Waals surface area contributed by atoms with Crippen LogP contribution in [0, 0.1) is 0 Å². The first-order valence-electron chi connectivity index (χ1n) is 5.77. The minimum Gasteiger partial charge on any atom is -0.449 e. The summed E-state index contributed by atoms with van der Waals surface area (Å²) in [7, 11) is 0. The van der Waals surface area contributed by atoms with E-state index in [-0.39, 0.29) is 5.88 Å². The molecule has 0 bridgehead atoms. The molecule has 1 heterocycles. The number of oxazole rings is 1. The van der Waals surface area contributed by atoms with Crippen molar-refractivity contribution in [3.8, 4) is 17.3 Å². The van der Waals surface area contributed by atoms with Gasteiger partial charge in [-0.15, -0.1) is 0 Å². The Balaban J connectivity index is 2.42. The number of benzene rings is 1. The van der Waals surface area contributed by atoms with Crippen LogP contribution in [-0.4, -0.2) is 16.2 Å². The lowest BCUT2D eigenvalue weighted by molar-refractivity contribution is 0.141. The van der Waals surface area contributed by atoms with Crippen LogP contribution in [0.4, 0.5) is 4.79 Å². The van der Waals surface area contributed by atoms with E-state index in [9.17, 15) is 4.79 Å². The summed E-state index contributed by atoms with van der Waals surface area (Å²) in [6.07, 6.45) is -0.0231. The number of nitrogens with zero attached hydrogens (tertiary/aromatic N) is 1. The summed E-state index contributed by atoms with van der Waals surface area (Å²) < 4.78 is 11.1. The minimum atomic E-state index is -1.40. The van der Waals surface area contributed by atoms with Crippen LogP contribution >= 0.6 is 15.9 Å². The molecule has 0 aliphatic carbocycles. The predicted molar refractivity (Wildman–Crippen MR) is 72.3 cm³/mol. The van der Waals surface area contributed by atoms with Crippen LogP contribution in [0.2, 0.25) is 0 Å². The van der Waals surface area contributed by atoms with E-state index in [4.69, 9.17) is 9.52 Å². The maximum Gasteiger partial charge on any atom is 0.512 e. The Bertz CT molecular complexity index is 594. The van der Waals surface area contributed by atoms with Crippen LogP contribution in [0.5, 0.6) is 5.88 Å². The van der Waals surface area contributed by atoms with Gasteiger partial charge in [-0.3, -0.25) is 0 Å². The van der Waals surface area contributed by atoms with Crippen LogP contribution in [0.1, 0.15) is 19.1 Å². The molecule has 0 aliphatic rings. The van der Waals surface area contributed by atoms with Crippen molar-refractivity contribution in [1.82, 2.24) is 4.98 Å². The second-order valence-electron chi connectivity index (χ2n) is 3.85. The van der Waals surface area contributed by atoms with Gasteiger partial charge in [0.2, 0.25) is 5.89 Å². The Morgan fingerprint density at radius 2 is 2.21 bits per heavy atom. The van der Waals surface area contributed by atoms with Crippen molar-refractivity contribution in [2.45, 2.75) is 19.8 Å². The third-order valence-corrected chi connectivity index (χ3v) is 3.12. The lowest BCUT2D eigenvalue weighted by Gasteiger charge is -1.97.